The van der Waals surface area contributed by atoms with Gasteiger partial charge in [0.25, 0.3) is 0 Å². The van der Waals surface area contributed by atoms with Crippen molar-refractivity contribution in [3.05, 3.63) is 33.9 Å². The van der Waals surface area contributed by atoms with E-state index in [1.807, 2.05) is 4.90 Å². The van der Waals surface area contributed by atoms with Crippen LogP contribution in [0.15, 0.2) is 18.2 Å². The summed E-state index contributed by atoms with van der Waals surface area (Å²) in [7, 11) is 0. The maximum atomic E-state index is 10.7. The molecule has 1 rings (SSSR count). The largest absolute Gasteiger partial charge is 0.502 e. The van der Waals surface area contributed by atoms with Gasteiger partial charge in [-0.05, 0) is 11.6 Å². The highest BCUT2D eigenvalue weighted by molar-refractivity contribution is 6.18. The SMILES string of the molecule is O=[N+]([O-])c1cc(CN(CCCl)CCCl)ccc1O. The van der Waals surface area contributed by atoms with Crippen LogP contribution < -0.4 is 0 Å². The fraction of sp³-hybridized carbons (Fsp3) is 0.455. The molecule has 0 spiro atoms. The number of hydrogen-bond donors (Lipinski definition) is 1. The van der Waals surface area contributed by atoms with Crippen LogP contribution in [0, 0.1) is 10.1 Å². The first kappa shape index (κ1) is 15.0. The van der Waals surface area contributed by atoms with E-state index in [1.54, 1.807) is 6.07 Å². The summed E-state index contributed by atoms with van der Waals surface area (Å²) in [5.74, 6) is 0.610. The third-order valence-corrected chi connectivity index (χ3v) is 2.78. The number of nitro benzene ring substituents is 1. The Hall–Kier alpha value is -1.04. The minimum Gasteiger partial charge on any atom is -0.502 e. The number of alkyl halides is 2. The lowest BCUT2D eigenvalue weighted by Crippen LogP contribution is -2.27. The van der Waals surface area contributed by atoms with Gasteiger partial charge in [0, 0.05) is 37.5 Å². The second-order valence-electron chi connectivity index (χ2n) is 3.73. The summed E-state index contributed by atoms with van der Waals surface area (Å²) in [4.78, 5) is 12.1. The van der Waals surface area contributed by atoms with Gasteiger partial charge in [-0.15, -0.1) is 23.2 Å². The monoisotopic (exact) mass is 292 g/mol. The standard InChI is InChI=1S/C11H14Cl2N2O3/c12-3-5-14(6-4-13)8-9-1-2-11(16)10(7-9)15(17)18/h1-2,7,16H,3-6,8H2. The first-order valence-electron chi connectivity index (χ1n) is 5.39. The third-order valence-electron chi connectivity index (χ3n) is 2.44. The zero-order valence-corrected chi connectivity index (χ0v) is 11.2. The Kier molecular flexibility index (Phi) is 6.18. The number of phenolic OH excluding ortho intramolecular Hbond substituents is 1. The minimum absolute atomic E-state index is 0.288. The number of rotatable bonds is 7. The molecule has 0 fully saturated rings. The maximum Gasteiger partial charge on any atom is 0.311 e. The van der Waals surface area contributed by atoms with Gasteiger partial charge in [0.1, 0.15) is 0 Å². The van der Waals surface area contributed by atoms with Gasteiger partial charge < -0.3 is 5.11 Å². The quantitative estimate of drug-likeness (QED) is 0.476. The maximum absolute atomic E-state index is 10.7. The summed E-state index contributed by atoms with van der Waals surface area (Å²) in [6, 6.07) is 4.34. The van der Waals surface area contributed by atoms with E-state index in [4.69, 9.17) is 23.2 Å². The molecule has 0 aromatic heterocycles. The van der Waals surface area contributed by atoms with E-state index in [0.29, 0.717) is 31.4 Å². The summed E-state index contributed by atoms with van der Waals surface area (Å²) in [5.41, 5.74) is 0.457. The van der Waals surface area contributed by atoms with E-state index in [0.717, 1.165) is 5.56 Å². The molecule has 18 heavy (non-hydrogen) atoms. The zero-order valence-electron chi connectivity index (χ0n) is 9.68. The molecule has 0 heterocycles. The van der Waals surface area contributed by atoms with Crippen LogP contribution in [0.4, 0.5) is 5.69 Å². The van der Waals surface area contributed by atoms with Crippen molar-refractivity contribution in [2.75, 3.05) is 24.8 Å². The Morgan fingerprint density at radius 3 is 2.39 bits per heavy atom. The molecule has 1 aromatic carbocycles. The van der Waals surface area contributed by atoms with Gasteiger partial charge in [-0.2, -0.15) is 0 Å². The molecule has 0 amide bonds. The molecule has 5 nitrogen and oxygen atoms in total. The molecule has 0 bridgehead atoms. The lowest BCUT2D eigenvalue weighted by Gasteiger charge is -2.19. The van der Waals surface area contributed by atoms with Crippen molar-refractivity contribution in [1.82, 2.24) is 4.90 Å². The first-order valence-corrected chi connectivity index (χ1v) is 6.46. The molecule has 1 N–H and O–H groups in total. The van der Waals surface area contributed by atoms with Gasteiger partial charge in [0.15, 0.2) is 5.75 Å². The van der Waals surface area contributed by atoms with E-state index < -0.39 is 4.92 Å². The first-order chi connectivity index (χ1) is 8.58. The number of halogens is 2. The molecule has 0 radical (unpaired) electrons. The highest BCUT2D eigenvalue weighted by Gasteiger charge is 2.14. The topological polar surface area (TPSA) is 66.6 Å². The summed E-state index contributed by atoms with van der Waals surface area (Å²) in [6.45, 7) is 1.83. The summed E-state index contributed by atoms with van der Waals surface area (Å²) < 4.78 is 0. The van der Waals surface area contributed by atoms with Crippen LogP contribution in [0.5, 0.6) is 5.75 Å². The molecular formula is C11H14Cl2N2O3. The van der Waals surface area contributed by atoms with Crippen molar-refractivity contribution in [3.63, 3.8) is 0 Å². The normalized spacial score (nSPS) is 10.8. The third kappa shape index (κ3) is 4.33. The number of hydrogen-bond acceptors (Lipinski definition) is 4. The van der Waals surface area contributed by atoms with E-state index in [9.17, 15) is 15.2 Å². The molecule has 100 valence electrons. The number of nitro groups is 1. The lowest BCUT2D eigenvalue weighted by atomic mass is 10.1. The summed E-state index contributed by atoms with van der Waals surface area (Å²) >= 11 is 11.3. The van der Waals surface area contributed by atoms with Crippen LogP contribution in [0.2, 0.25) is 0 Å². The van der Waals surface area contributed by atoms with Crippen molar-refractivity contribution in [2.24, 2.45) is 0 Å². The van der Waals surface area contributed by atoms with Gasteiger partial charge in [-0.25, -0.2) is 0 Å². The Bertz CT molecular complexity index is 409. The van der Waals surface area contributed by atoms with Crippen LogP contribution in [0.1, 0.15) is 5.56 Å². The molecule has 0 aliphatic rings. The van der Waals surface area contributed by atoms with E-state index in [-0.39, 0.29) is 11.4 Å². The van der Waals surface area contributed by atoms with E-state index in [2.05, 4.69) is 0 Å². The number of benzene rings is 1. The van der Waals surface area contributed by atoms with Crippen LogP contribution in [0.3, 0.4) is 0 Å². The van der Waals surface area contributed by atoms with Crippen LogP contribution in [0.25, 0.3) is 0 Å². The Morgan fingerprint density at radius 2 is 1.89 bits per heavy atom. The van der Waals surface area contributed by atoms with Crippen LogP contribution >= 0.6 is 23.2 Å². The van der Waals surface area contributed by atoms with Gasteiger partial charge in [-0.3, -0.25) is 15.0 Å². The van der Waals surface area contributed by atoms with Crippen molar-refractivity contribution < 1.29 is 10.0 Å². The number of nitrogens with zero attached hydrogens (tertiary/aromatic N) is 2. The van der Waals surface area contributed by atoms with Crippen LogP contribution in [-0.4, -0.2) is 39.8 Å². The molecule has 0 aliphatic heterocycles. The van der Waals surface area contributed by atoms with E-state index >= 15 is 0 Å². The molecule has 0 aliphatic carbocycles. The number of aromatic hydroxyl groups is 1. The summed E-state index contributed by atoms with van der Waals surface area (Å²) in [5, 5.41) is 20.0. The fourth-order valence-electron chi connectivity index (χ4n) is 1.58. The van der Waals surface area contributed by atoms with Crippen molar-refractivity contribution in [3.8, 4) is 5.75 Å². The van der Waals surface area contributed by atoms with Crippen molar-refractivity contribution in [1.29, 1.82) is 0 Å². The second kappa shape index (κ2) is 7.41. The molecule has 0 atom stereocenters. The average molecular weight is 293 g/mol. The molecule has 0 saturated heterocycles. The minimum atomic E-state index is -0.605. The number of phenols is 1. The van der Waals surface area contributed by atoms with Crippen molar-refractivity contribution >= 4 is 28.9 Å². The van der Waals surface area contributed by atoms with Crippen LogP contribution in [-0.2, 0) is 6.54 Å². The Balaban J connectivity index is 2.82. The van der Waals surface area contributed by atoms with Gasteiger partial charge in [-0.1, -0.05) is 6.07 Å². The predicted molar refractivity (Wildman–Crippen MR) is 71.5 cm³/mol. The highest BCUT2D eigenvalue weighted by atomic mass is 35.5. The lowest BCUT2D eigenvalue weighted by molar-refractivity contribution is -0.385. The molecule has 7 heteroatoms. The highest BCUT2D eigenvalue weighted by Crippen LogP contribution is 2.26. The smallest absolute Gasteiger partial charge is 0.311 e. The fourth-order valence-corrected chi connectivity index (χ4v) is 2.06. The second-order valence-corrected chi connectivity index (χ2v) is 4.49. The zero-order chi connectivity index (χ0) is 13.5. The summed E-state index contributed by atoms with van der Waals surface area (Å²) in [6.07, 6.45) is 0. The van der Waals surface area contributed by atoms with Gasteiger partial charge in [0.05, 0.1) is 4.92 Å². The Morgan fingerprint density at radius 1 is 1.28 bits per heavy atom. The van der Waals surface area contributed by atoms with Crippen molar-refractivity contribution in [2.45, 2.75) is 6.54 Å². The van der Waals surface area contributed by atoms with Gasteiger partial charge in [0.2, 0.25) is 0 Å². The van der Waals surface area contributed by atoms with E-state index in [1.165, 1.54) is 12.1 Å². The predicted octanol–water partition coefficient (Wildman–Crippen LogP) is 2.58. The Labute approximate surface area is 115 Å². The average Bonchev–Trinajstić information content (AvgIpc) is 2.32. The molecule has 1 aromatic rings. The van der Waals surface area contributed by atoms with Gasteiger partial charge >= 0.3 is 5.69 Å². The molecular weight excluding hydrogens is 279 g/mol. The molecule has 0 saturated carbocycles. The molecule has 0 unspecified atom stereocenters.